The lowest BCUT2D eigenvalue weighted by Gasteiger charge is -2.41. The van der Waals surface area contributed by atoms with Crippen molar-refractivity contribution in [3.8, 4) is 17.2 Å². The number of likely N-dealkylation sites (tertiary alicyclic amines) is 1. The predicted octanol–water partition coefficient (Wildman–Crippen LogP) is 4.12. The molecule has 9 heteroatoms. The second kappa shape index (κ2) is 11.5. The fourth-order valence-electron chi connectivity index (χ4n) is 5.58. The number of fused-ring (bicyclic) bond motifs is 1. The number of carbonyl (C=O) groups excluding carboxylic acids is 2. The third kappa shape index (κ3) is 5.77. The largest absolute Gasteiger partial charge is 0.497 e. The maximum atomic E-state index is 13.6. The number of aromatic nitrogens is 3. The van der Waals surface area contributed by atoms with Gasteiger partial charge in [-0.15, -0.1) is 5.10 Å². The van der Waals surface area contributed by atoms with Crippen molar-refractivity contribution in [1.29, 1.82) is 0 Å². The molecule has 3 heterocycles. The summed E-state index contributed by atoms with van der Waals surface area (Å²) in [5, 5.41) is 7.71. The van der Waals surface area contributed by atoms with Crippen molar-refractivity contribution in [3.63, 3.8) is 0 Å². The molecular formula is C30H37N5O4. The van der Waals surface area contributed by atoms with E-state index >= 15 is 0 Å². The van der Waals surface area contributed by atoms with Gasteiger partial charge in [-0.2, -0.15) is 0 Å². The van der Waals surface area contributed by atoms with Crippen molar-refractivity contribution in [2.75, 3.05) is 26.8 Å². The van der Waals surface area contributed by atoms with Gasteiger partial charge in [0.2, 0.25) is 11.7 Å². The summed E-state index contributed by atoms with van der Waals surface area (Å²) in [4.78, 5) is 33.2. The van der Waals surface area contributed by atoms with Crippen molar-refractivity contribution in [2.24, 2.45) is 5.41 Å². The van der Waals surface area contributed by atoms with Crippen LogP contribution >= 0.6 is 0 Å². The molecule has 0 unspecified atom stereocenters. The number of nitrogens with zero attached hydrogens (tertiary/aromatic N) is 4. The Morgan fingerprint density at radius 1 is 1.08 bits per heavy atom. The SMILES string of the molecule is COc1ccc(-n2nc(C(=O)N3CCC4(CCCCc5ccccc5OC[C@@H](C)NC4=O)CC3)nc2C)cc1. The van der Waals surface area contributed by atoms with E-state index in [2.05, 4.69) is 21.5 Å². The first-order valence-corrected chi connectivity index (χ1v) is 13.8. The zero-order valence-electron chi connectivity index (χ0n) is 23.0. The van der Waals surface area contributed by atoms with Crippen LogP contribution in [0.1, 0.15) is 61.0 Å². The lowest BCUT2D eigenvalue weighted by molar-refractivity contribution is -0.135. The molecule has 0 aliphatic carbocycles. The zero-order valence-corrected chi connectivity index (χ0v) is 23.0. The quantitative estimate of drug-likeness (QED) is 0.546. The Kier molecular flexibility index (Phi) is 7.86. The molecule has 9 nitrogen and oxygen atoms in total. The fourth-order valence-corrected chi connectivity index (χ4v) is 5.58. The number of aryl methyl sites for hydroxylation is 2. The van der Waals surface area contributed by atoms with Crippen LogP contribution in [0.2, 0.25) is 0 Å². The molecule has 1 spiro atoms. The minimum absolute atomic E-state index is 0.0670. The van der Waals surface area contributed by atoms with E-state index in [1.165, 1.54) is 5.56 Å². The number of hydrogen-bond donors (Lipinski definition) is 1. The number of piperidine rings is 1. The Morgan fingerprint density at radius 3 is 2.56 bits per heavy atom. The molecule has 2 aliphatic heterocycles. The first-order valence-electron chi connectivity index (χ1n) is 13.8. The molecule has 1 saturated heterocycles. The summed E-state index contributed by atoms with van der Waals surface area (Å²) < 4.78 is 13.0. The summed E-state index contributed by atoms with van der Waals surface area (Å²) in [6, 6.07) is 15.5. The minimum atomic E-state index is -0.491. The zero-order chi connectivity index (χ0) is 27.4. The van der Waals surface area contributed by atoms with Crippen molar-refractivity contribution in [3.05, 3.63) is 65.7 Å². The highest BCUT2D eigenvalue weighted by molar-refractivity contribution is 5.91. The number of rotatable bonds is 3. The maximum Gasteiger partial charge on any atom is 0.293 e. The molecule has 2 amide bonds. The minimum Gasteiger partial charge on any atom is -0.497 e. The van der Waals surface area contributed by atoms with Crippen LogP contribution in [0.5, 0.6) is 11.5 Å². The number of benzene rings is 2. The van der Waals surface area contributed by atoms with Crippen molar-refractivity contribution < 1.29 is 19.1 Å². The van der Waals surface area contributed by atoms with Crippen LogP contribution in [0.4, 0.5) is 0 Å². The molecule has 2 aliphatic rings. The summed E-state index contributed by atoms with van der Waals surface area (Å²) in [7, 11) is 1.62. The molecular weight excluding hydrogens is 494 g/mol. The molecule has 1 atom stereocenters. The third-order valence-corrected chi connectivity index (χ3v) is 7.96. The van der Waals surface area contributed by atoms with Gasteiger partial charge in [0.1, 0.15) is 23.9 Å². The third-order valence-electron chi connectivity index (χ3n) is 7.96. The molecule has 206 valence electrons. The van der Waals surface area contributed by atoms with Crippen LogP contribution < -0.4 is 14.8 Å². The smallest absolute Gasteiger partial charge is 0.293 e. The molecule has 39 heavy (non-hydrogen) atoms. The number of methoxy groups -OCH3 is 1. The van der Waals surface area contributed by atoms with E-state index in [1.807, 2.05) is 56.3 Å². The van der Waals surface area contributed by atoms with Crippen LogP contribution in [0.3, 0.4) is 0 Å². The highest BCUT2D eigenvalue weighted by atomic mass is 16.5. The maximum absolute atomic E-state index is 13.6. The van der Waals surface area contributed by atoms with Crippen LogP contribution in [-0.4, -0.2) is 64.3 Å². The van der Waals surface area contributed by atoms with Gasteiger partial charge in [-0.3, -0.25) is 9.59 Å². The standard InChI is InChI=1S/C30H37N5O4/c1-21-20-39-26-10-5-4-8-23(26)9-6-7-15-30(29(37)31-21)16-18-34(19-17-30)28(36)27-32-22(2)35(33-27)24-11-13-25(38-3)14-12-24/h4-5,8,10-14,21H,6-7,9,15-20H2,1-3H3,(H,31,37)/t21-/m1/s1. The number of ether oxygens (including phenoxy) is 2. The van der Waals surface area contributed by atoms with Gasteiger partial charge in [-0.1, -0.05) is 24.6 Å². The van der Waals surface area contributed by atoms with Crippen molar-refractivity contribution in [2.45, 2.75) is 58.4 Å². The highest BCUT2D eigenvalue weighted by Crippen LogP contribution is 2.38. The van der Waals surface area contributed by atoms with E-state index in [0.717, 1.165) is 42.9 Å². The average molecular weight is 532 g/mol. The van der Waals surface area contributed by atoms with Gasteiger partial charge in [0.25, 0.3) is 5.91 Å². The molecule has 3 aromatic rings. The average Bonchev–Trinajstić information content (AvgIpc) is 3.35. The van der Waals surface area contributed by atoms with Gasteiger partial charge in [-0.25, -0.2) is 9.67 Å². The molecule has 1 fully saturated rings. The second-order valence-corrected chi connectivity index (χ2v) is 10.7. The molecule has 5 rings (SSSR count). The predicted molar refractivity (Wildman–Crippen MR) is 147 cm³/mol. The van der Waals surface area contributed by atoms with Gasteiger partial charge in [0.05, 0.1) is 24.3 Å². The first kappa shape index (κ1) is 26.7. The van der Waals surface area contributed by atoms with Crippen LogP contribution in [-0.2, 0) is 11.2 Å². The van der Waals surface area contributed by atoms with Gasteiger partial charge in [0, 0.05) is 13.1 Å². The van der Waals surface area contributed by atoms with Gasteiger partial charge in [0.15, 0.2) is 0 Å². The Morgan fingerprint density at radius 2 is 1.82 bits per heavy atom. The highest BCUT2D eigenvalue weighted by Gasteiger charge is 2.42. The second-order valence-electron chi connectivity index (χ2n) is 10.7. The molecule has 0 radical (unpaired) electrons. The topological polar surface area (TPSA) is 98.6 Å². The molecule has 2 aromatic carbocycles. The molecule has 0 saturated carbocycles. The van der Waals surface area contributed by atoms with E-state index in [-0.39, 0.29) is 23.7 Å². The van der Waals surface area contributed by atoms with E-state index < -0.39 is 5.41 Å². The van der Waals surface area contributed by atoms with E-state index in [4.69, 9.17) is 9.47 Å². The number of para-hydroxylation sites is 1. The van der Waals surface area contributed by atoms with E-state index in [9.17, 15) is 9.59 Å². The van der Waals surface area contributed by atoms with Crippen LogP contribution in [0.15, 0.2) is 48.5 Å². The number of nitrogens with one attached hydrogen (secondary N) is 1. The van der Waals surface area contributed by atoms with Crippen LogP contribution in [0, 0.1) is 12.3 Å². The van der Waals surface area contributed by atoms with Gasteiger partial charge < -0.3 is 19.7 Å². The van der Waals surface area contributed by atoms with E-state index in [0.29, 0.717) is 38.4 Å². The number of amides is 2. The summed E-state index contributed by atoms with van der Waals surface area (Å²) in [6.45, 7) is 5.22. The van der Waals surface area contributed by atoms with E-state index in [1.54, 1.807) is 16.7 Å². The Bertz CT molecular complexity index is 1310. The summed E-state index contributed by atoms with van der Waals surface area (Å²) >= 11 is 0. The van der Waals surface area contributed by atoms with Gasteiger partial charge >= 0.3 is 0 Å². The summed E-state index contributed by atoms with van der Waals surface area (Å²) in [6.07, 6.45) is 4.89. The summed E-state index contributed by atoms with van der Waals surface area (Å²) in [5.74, 6) is 2.32. The molecule has 1 aromatic heterocycles. The normalized spacial score (nSPS) is 19.7. The molecule has 0 bridgehead atoms. The lowest BCUT2D eigenvalue weighted by atomic mass is 9.73. The summed E-state index contributed by atoms with van der Waals surface area (Å²) in [5.41, 5.74) is 1.53. The number of carbonyl (C=O) groups is 2. The lowest BCUT2D eigenvalue weighted by Crippen LogP contribution is -2.52. The Hall–Kier alpha value is -3.88. The first-order chi connectivity index (χ1) is 18.9. The Labute approximate surface area is 229 Å². The number of hydrogen-bond acceptors (Lipinski definition) is 6. The fraction of sp³-hybridized carbons (Fsp3) is 0.467. The van der Waals surface area contributed by atoms with Crippen molar-refractivity contribution >= 4 is 11.8 Å². The van der Waals surface area contributed by atoms with Crippen molar-refractivity contribution in [1.82, 2.24) is 25.0 Å². The monoisotopic (exact) mass is 531 g/mol. The Balaban J connectivity index is 1.26. The van der Waals surface area contributed by atoms with Crippen LogP contribution in [0.25, 0.3) is 5.69 Å². The molecule has 1 N–H and O–H groups in total. The van der Waals surface area contributed by atoms with Gasteiger partial charge in [-0.05, 0) is 81.8 Å².